The summed E-state index contributed by atoms with van der Waals surface area (Å²) in [5.41, 5.74) is 19.3. The summed E-state index contributed by atoms with van der Waals surface area (Å²) in [6, 6.07) is 12.4. The SMILES string of the molecule is C=C(CC(C)(C)c1ccc(N)c(C)c1)c1ccc(N)c(C)c1. The topological polar surface area (TPSA) is 52.0 Å². The van der Waals surface area contributed by atoms with Crippen LogP contribution in [0.5, 0.6) is 0 Å². The maximum absolute atomic E-state index is 5.93. The molecule has 0 unspecified atom stereocenters. The van der Waals surface area contributed by atoms with Crippen LogP contribution >= 0.6 is 0 Å². The summed E-state index contributed by atoms with van der Waals surface area (Å²) in [4.78, 5) is 0. The molecule has 2 heteroatoms. The molecule has 0 heterocycles. The summed E-state index contributed by atoms with van der Waals surface area (Å²) in [5.74, 6) is 0. The number of nitrogen functional groups attached to an aromatic ring is 2. The number of hydrogen-bond acceptors (Lipinski definition) is 2. The summed E-state index contributed by atoms with van der Waals surface area (Å²) in [7, 11) is 0. The van der Waals surface area contributed by atoms with Gasteiger partial charge in [0.1, 0.15) is 0 Å². The highest BCUT2D eigenvalue weighted by atomic mass is 14.6. The van der Waals surface area contributed by atoms with Crippen LogP contribution < -0.4 is 11.5 Å². The van der Waals surface area contributed by atoms with E-state index < -0.39 is 0 Å². The van der Waals surface area contributed by atoms with Gasteiger partial charge >= 0.3 is 0 Å². The minimum Gasteiger partial charge on any atom is -0.399 e. The van der Waals surface area contributed by atoms with Crippen LogP contribution in [-0.2, 0) is 5.41 Å². The van der Waals surface area contributed by atoms with E-state index in [9.17, 15) is 0 Å². The first-order chi connectivity index (χ1) is 10.2. The number of benzene rings is 2. The number of aryl methyl sites for hydroxylation is 2. The normalized spacial score (nSPS) is 11.5. The van der Waals surface area contributed by atoms with Crippen LogP contribution in [0.25, 0.3) is 5.57 Å². The Morgan fingerprint density at radius 1 is 0.955 bits per heavy atom. The molecule has 4 N–H and O–H groups in total. The van der Waals surface area contributed by atoms with E-state index in [0.29, 0.717) is 0 Å². The molecule has 22 heavy (non-hydrogen) atoms. The summed E-state index contributed by atoms with van der Waals surface area (Å²) in [5, 5.41) is 0. The average molecular weight is 294 g/mol. The maximum Gasteiger partial charge on any atom is 0.0344 e. The molecule has 0 saturated carbocycles. The second-order valence-electron chi connectivity index (χ2n) is 6.81. The molecule has 0 fully saturated rings. The Kier molecular flexibility index (Phi) is 4.32. The first-order valence-electron chi connectivity index (χ1n) is 7.61. The smallest absolute Gasteiger partial charge is 0.0344 e. The van der Waals surface area contributed by atoms with Crippen molar-refractivity contribution in [1.29, 1.82) is 0 Å². The van der Waals surface area contributed by atoms with Crippen molar-refractivity contribution < 1.29 is 0 Å². The molecule has 0 aliphatic rings. The van der Waals surface area contributed by atoms with E-state index in [-0.39, 0.29) is 5.41 Å². The van der Waals surface area contributed by atoms with Gasteiger partial charge in [-0.25, -0.2) is 0 Å². The van der Waals surface area contributed by atoms with Crippen molar-refractivity contribution in [3.8, 4) is 0 Å². The van der Waals surface area contributed by atoms with Crippen LogP contribution in [0.3, 0.4) is 0 Å². The summed E-state index contributed by atoms with van der Waals surface area (Å²) < 4.78 is 0. The Hall–Kier alpha value is -2.22. The van der Waals surface area contributed by atoms with Crippen molar-refractivity contribution in [3.05, 3.63) is 65.2 Å². The predicted molar refractivity (Wildman–Crippen MR) is 97.9 cm³/mol. The lowest BCUT2D eigenvalue weighted by molar-refractivity contribution is 0.542. The fourth-order valence-corrected chi connectivity index (χ4v) is 2.73. The zero-order valence-electron chi connectivity index (χ0n) is 14.0. The average Bonchev–Trinajstić information content (AvgIpc) is 2.44. The highest BCUT2D eigenvalue weighted by molar-refractivity contribution is 5.68. The van der Waals surface area contributed by atoms with Gasteiger partial charge in [0.2, 0.25) is 0 Å². The van der Waals surface area contributed by atoms with Crippen molar-refractivity contribution in [2.45, 2.75) is 39.5 Å². The molecule has 2 aromatic rings. The summed E-state index contributed by atoms with van der Waals surface area (Å²) in [6.45, 7) is 12.8. The Balaban J connectivity index is 2.25. The fourth-order valence-electron chi connectivity index (χ4n) is 2.73. The lowest BCUT2D eigenvalue weighted by Crippen LogP contribution is -2.18. The lowest BCUT2D eigenvalue weighted by Gasteiger charge is -2.27. The van der Waals surface area contributed by atoms with Crippen molar-refractivity contribution in [2.75, 3.05) is 11.5 Å². The van der Waals surface area contributed by atoms with E-state index in [0.717, 1.165) is 40.1 Å². The van der Waals surface area contributed by atoms with E-state index >= 15 is 0 Å². The first-order valence-corrected chi connectivity index (χ1v) is 7.61. The number of rotatable bonds is 4. The molecule has 0 saturated heterocycles. The maximum atomic E-state index is 5.93. The molecule has 0 aliphatic heterocycles. The fraction of sp³-hybridized carbons (Fsp3) is 0.300. The van der Waals surface area contributed by atoms with Crippen LogP contribution in [-0.4, -0.2) is 0 Å². The van der Waals surface area contributed by atoms with Gasteiger partial charge in [0, 0.05) is 11.4 Å². The molecule has 0 radical (unpaired) electrons. The summed E-state index contributed by atoms with van der Waals surface area (Å²) >= 11 is 0. The van der Waals surface area contributed by atoms with E-state index in [1.165, 1.54) is 5.56 Å². The highest BCUT2D eigenvalue weighted by Gasteiger charge is 2.22. The van der Waals surface area contributed by atoms with Gasteiger partial charge in [0.15, 0.2) is 0 Å². The molecular formula is C20H26N2. The zero-order valence-corrected chi connectivity index (χ0v) is 14.0. The van der Waals surface area contributed by atoms with Crippen LogP contribution in [0.15, 0.2) is 43.0 Å². The molecule has 0 bridgehead atoms. The zero-order chi connectivity index (χ0) is 16.5. The van der Waals surface area contributed by atoms with Gasteiger partial charge < -0.3 is 11.5 Å². The second kappa shape index (κ2) is 5.88. The molecule has 116 valence electrons. The minimum atomic E-state index is 0.00480. The van der Waals surface area contributed by atoms with Gasteiger partial charge in [-0.05, 0) is 71.7 Å². The molecule has 2 rings (SSSR count). The Morgan fingerprint density at radius 3 is 2.05 bits per heavy atom. The van der Waals surface area contributed by atoms with Gasteiger partial charge in [0.05, 0.1) is 0 Å². The first kappa shape index (κ1) is 16.2. The molecule has 0 aliphatic carbocycles. The molecule has 0 atom stereocenters. The Bertz CT molecular complexity index is 712. The van der Waals surface area contributed by atoms with E-state index in [1.54, 1.807) is 0 Å². The third kappa shape index (κ3) is 3.33. The molecule has 0 aromatic heterocycles. The van der Waals surface area contributed by atoms with Crippen LogP contribution in [0.4, 0.5) is 11.4 Å². The van der Waals surface area contributed by atoms with Gasteiger partial charge in [0.25, 0.3) is 0 Å². The van der Waals surface area contributed by atoms with Crippen LogP contribution in [0.2, 0.25) is 0 Å². The molecule has 2 nitrogen and oxygen atoms in total. The highest BCUT2D eigenvalue weighted by Crippen LogP contribution is 2.35. The van der Waals surface area contributed by atoms with Crippen molar-refractivity contribution in [1.82, 2.24) is 0 Å². The number of nitrogens with two attached hydrogens (primary N) is 2. The number of allylic oxidation sites excluding steroid dienone is 1. The van der Waals surface area contributed by atoms with Gasteiger partial charge in [-0.1, -0.05) is 38.6 Å². The van der Waals surface area contributed by atoms with E-state index in [4.69, 9.17) is 11.5 Å². The van der Waals surface area contributed by atoms with Crippen LogP contribution in [0, 0.1) is 13.8 Å². The lowest BCUT2D eigenvalue weighted by atomic mass is 9.77. The molecule has 0 spiro atoms. The van der Waals surface area contributed by atoms with Crippen molar-refractivity contribution >= 4 is 16.9 Å². The monoisotopic (exact) mass is 294 g/mol. The largest absolute Gasteiger partial charge is 0.399 e. The molecule has 2 aromatic carbocycles. The van der Waals surface area contributed by atoms with E-state index in [2.05, 4.69) is 44.7 Å². The molecule has 0 amide bonds. The standard InChI is InChI=1S/C20H26N2/c1-13-10-16(6-8-18(13)21)15(3)12-20(4,5)17-7-9-19(22)14(2)11-17/h6-11H,3,12,21-22H2,1-2,4-5H3. The third-order valence-corrected chi connectivity index (χ3v) is 4.38. The minimum absolute atomic E-state index is 0.00480. The quantitative estimate of drug-likeness (QED) is 0.792. The number of anilines is 2. The van der Waals surface area contributed by atoms with Gasteiger partial charge in [-0.15, -0.1) is 0 Å². The predicted octanol–water partition coefficient (Wildman–Crippen LogP) is 4.85. The van der Waals surface area contributed by atoms with E-state index in [1.807, 2.05) is 26.0 Å². The van der Waals surface area contributed by atoms with Crippen molar-refractivity contribution in [3.63, 3.8) is 0 Å². The summed E-state index contributed by atoms with van der Waals surface area (Å²) in [6.07, 6.45) is 0.889. The van der Waals surface area contributed by atoms with Gasteiger partial charge in [-0.2, -0.15) is 0 Å². The third-order valence-electron chi connectivity index (χ3n) is 4.38. The number of hydrogen-bond donors (Lipinski definition) is 2. The second-order valence-corrected chi connectivity index (χ2v) is 6.81. The van der Waals surface area contributed by atoms with Gasteiger partial charge in [-0.3, -0.25) is 0 Å². The van der Waals surface area contributed by atoms with Crippen molar-refractivity contribution in [2.24, 2.45) is 0 Å². The molecular weight excluding hydrogens is 268 g/mol. The van der Waals surface area contributed by atoms with Crippen LogP contribution in [0.1, 0.15) is 42.5 Å². The Morgan fingerprint density at radius 2 is 1.50 bits per heavy atom. The Labute approximate surface area is 133 Å².